The molecule has 2 aromatic rings. The van der Waals surface area contributed by atoms with Crippen LogP contribution in [0.2, 0.25) is 0 Å². The second-order valence-corrected chi connectivity index (χ2v) is 7.32. The van der Waals surface area contributed by atoms with E-state index >= 15 is 0 Å². The minimum absolute atomic E-state index is 0.0545. The van der Waals surface area contributed by atoms with Crippen LogP contribution in [0.4, 0.5) is 11.4 Å². The van der Waals surface area contributed by atoms with E-state index in [9.17, 15) is 18.0 Å². The van der Waals surface area contributed by atoms with Crippen LogP contribution in [-0.4, -0.2) is 31.9 Å². The van der Waals surface area contributed by atoms with Crippen LogP contribution in [0.1, 0.15) is 23.2 Å². The molecule has 0 atom stereocenters. The van der Waals surface area contributed by atoms with Crippen molar-refractivity contribution in [1.82, 2.24) is 0 Å². The maximum absolute atomic E-state index is 12.4. The van der Waals surface area contributed by atoms with Crippen molar-refractivity contribution in [3.63, 3.8) is 0 Å². The summed E-state index contributed by atoms with van der Waals surface area (Å²) >= 11 is 0. The normalized spacial score (nSPS) is 14.6. The van der Waals surface area contributed by atoms with E-state index < -0.39 is 16.0 Å². The first kappa shape index (κ1) is 17.0. The number of sulfonamides is 1. The highest BCUT2D eigenvalue weighted by Gasteiger charge is 2.22. The number of hydrogen-bond donors (Lipinski definition) is 2. The number of carboxylic acid groups (broad SMARTS) is 1. The van der Waals surface area contributed by atoms with E-state index in [1.807, 2.05) is 0 Å². The Morgan fingerprint density at radius 2 is 1.84 bits per heavy atom. The SMILES string of the molecule is O=C(O)c1cccc(S(=O)(=O)Nc2ccc(N3CCCC3=O)cc2)c1. The molecule has 8 heteroatoms. The lowest BCUT2D eigenvalue weighted by atomic mass is 10.2. The van der Waals surface area contributed by atoms with Crippen molar-refractivity contribution in [1.29, 1.82) is 0 Å². The summed E-state index contributed by atoms with van der Waals surface area (Å²) in [4.78, 5) is 24.2. The largest absolute Gasteiger partial charge is 0.478 e. The first-order valence-electron chi connectivity index (χ1n) is 7.63. The molecular formula is C17H16N2O5S. The number of hydrogen-bond acceptors (Lipinski definition) is 4. The molecule has 3 rings (SSSR count). The standard InChI is InChI=1S/C17H16N2O5S/c20-16-5-2-10-19(16)14-8-6-13(7-9-14)18-25(23,24)15-4-1-3-12(11-15)17(21)22/h1,3-4,6-9,11,18H,2,5,10H2,(H,21,22). The Balaban J connectivity index is 1.80. The topological polar surface area (TPSA) is 104 Å². The van der Waals surface area contributed by atoms with Gasteiger partial charge in [0.25, 0.3) is 10.0 Å². The summed E-state index contributed by atoms with van der Waals surface area (Å²) in [6, 6.07) is 11.6. The van der Waals surface area contributed by atoms with Crippen molar-refractivity contribution >= 4 is 33.3 Å². The molecule has 0 spiro atoms. The molecule has 1 fully saturated rings. The van der Waals surface area contributed by atoms with Gasteiger partial charge in [-0.15, -0.1) is 0 Å². The van der Waals surface area contributed by atoms with Gasteiger partial charge in [-0.25, -0.2) is 13.2 Å². The van der Waals surface area contributed by atoms with Gasteiger partial charge in [-0.05, 0) is 48.9 Å². The van der Waals surface area contributed by atoms with Gasteiger partial charge in [-0.1, -0.05) is 6.07 Å². The highest BCUT2D eigenvalue weighted by molar-refractivity contribution is 7.92. The first-order valence-corrected chi connectivity index (χ1v) is 9.12. The van der Waals surface area contributed by atoms with E-state index in [4.69, 9.17) is 5.11 Å². The fourth-order valence-corrected chi connectivity index (χ4v) is 3.74. The van der Waals surface area contributed by atoms with Crippen molar-refractivity contribution in [3.05, 3.63) is 54.1 Å². The van der Waals surface area contributed by atoms with E-state index in [1.165, 1.54) is 18.2 Å². The van der Waals surface area contributed by atoms with Gasteiger partial charge in [0.15, 0.2) is 0 Å². The second kappa shape index (κ2) is 6.56. The number of aromatic carboxylic acids is 1. The number of amides is 1. The van der Waals surface area contributed by atoms with Crippen molar-refractivity contribution in [2.75, 3.05) is 16.2 Å². The van der Waals surface area contributed by atoms with E-state index in [2.05, 4.69) is 4.72 Å². The van der Waals surface area contributed by atoms with Crippen LogP contribution in [-0.2, 0) is 14.8 Å². The van der Waals surface area contributed by atoms with Gasteiger partial charge in [-0.2, -0.15) is 0 Å². The number of carbonyl (C=O) groups excluding carboxylic acids is 1. The highest BCUT2D eigenvalue weighted by atomic mass is 32.2. The van der Waals surface area contributed by atoms with Crippen LogP contribution < -0.4 is 9.62 Å². The average molecular weight is 360 g/mol. The predicted octanol–water partition coefficient (Wildman–Crippen LogP) is 2.31. The molecule has 0 radical (unpaired) electrons. The third kappa shape index (κ3) is 3.63. The molecule has 0 aromatic heterocycles. The van der Waals surface area contributed by atoms with Gasteiger partial charge in [0.05, 0.1) is 10.5 Å². The predicted molar refractivity (Wildman–Crippen MR) is 92.2 cm³/mol. The average Bonchev–Trinajstić information content (AvgIpc) is 3.01. The van der Waals surface area contributed by atoms with E-state index in [-0.39, 0.29) is 16.4 Å². The molecule has 0 bridgehead atoms. The van der Waals surface area contributed by atoms with Crippen molar-refractivity contribution in [2.45, 2.75) is 17.7 Å². The lowest BCUT2D eigenvalue weighted by Crippen LogP contribution is -2.23. The third-order valence-electron chi connectivity index (χ3n) is 3.90. The maximum atomic E-state index is 12.4. The Bertz CT molecular complexity index is 922. The quantitative estimate of drug-likeness (QED) is 0.851. The zero-order chi connectivity index (χ0) is 18.0. The number of nitrogens with one attached hydrogen (secondary N) is 1. The molecule has 1 aliphatic rings. The van der Waals surface area contributed by atoms with Gasteiger partial charge in [0, 0.05) is 24.3 Å². The van der Waals surface area contributed by atoms with Gasteiger partial charge in [0.2, 0.25) is 5.91 Å². The van der Waals surface area contributed by atoms with E-state index in [0.29, 0.717) is 18.7 Å². The number of anilines is 2. The van der Waals surface area contributed by atoms with Crippen molar-refractivity contribution in [2.24, 2.45) is 0 Å². The molecule has 0 saturated carbocycles. The van der Waals surface area contributed by atoms with E-state index in [1.54, 1.807) is 29.2 Å². The van der Waals surface area contributed by atoms with Gasteiger partial charge in [0.1, 0.15) is 0 Å². The lowest BCUT2D eigenvalue weighted by molar-refractivity contribution is -0.117. The first-order chi connectivity index (χ1) is 11.9. The van der Waals surface area contributed by atoms with Crippen LogP contribution in [0.3, 0.4) is 0 Å². The monoisotopic (exact) mass is 360 g/mol. The molecule has 2 N–H and O–H groups in total. The maximum Gasteiger partial charge on any atom is 0.335 e. The lowest BCUT2D eigenvalue weighted by Gasteiger charge is -2.16. The third-order valence-corrected chi connectivity index (χ3v) is 5.27. The fraction of sp³-hybridized carbons (Fsp3) is 0.176. The van der Waals surface area contributed by atoms with Crippen molar-refractivity contribution < 1.29 is 23.1 Å². The van der Waals surface area contributed by atoms with Gasteiger partial charge in [-0.3, -0.25) is 9.52 Å². The van der Waals surface area contributed by atoms with Crippen LogP contribution in [0.25, 0.3) is 0 Å². The summed E-state index contributed by atoms with van der Waals surface area (Å²) in [5.41, 5.74) is 0.945. The molecule has 1 saturated heterocycles. The summed E-state index contributed by atoms with van der Waals surface area (Å²) < 4.78 is 27.2. The van der Waals surface area contributed by atoms with Crippen LogP contribution in [0.5, 0.6) is 0 Å². The highest BCUT2D eigenvalue weighted by Crippen LogP contribution is 2.24. The summed E-state index contributed by atoms with van der Waals surface area (Å²) in [6.07, 6.45) is 1.33. The number of carboxylic acids is 1. The molecule has 2 aromatic carbocycles. The molecular weight excluding hydrogens is 344 g/mol. The second-order valence-electron chi connectivity index (χ2n) is 5.63. The molecule has 130 valence electrons. The minimum atomic E-state index is -3.91. The Kier molecular flexibility index (Phi) is 4.45. The zero-order valence-corrected chi connectivity index (χ0v) is 14.0. The Morgan fingerprint density at radius 1 is 1.12 bits per heavy atom. The number of nitrogens with zero attached hydrogens (tertiary/aromatic N) is 1. The number of benzene rings is 2. The minimum Gasteiger partial charge on any atom is -0.478 e. The molecule has 1 aliphatic heterocycles. The van der Waals surface area contributed by atoms with Gasteiger partial charge < -0.3 is 10.0 Å². The Labute approximate surface area is 144 Å². The fourth-order valence-electron chi connectivity index (χ4n) is 2.64. The molecule has 7 nitrogen and oxygen atoms in total. The molecule has 1 heterocycles. The summed E-state index contributed by atoms with van der Waals surface area (Å²) in [5.74, 6) is -1.14. The zero-order valence-electron chi connectivity index (χ0n) is 13.2. The Hall–Kier alpha value is -2.87. The van der Waals surface area contributed by atoms with Gasteiger partial charge >= 0.3 is 5.97 Å². The summed E-state index contributed by atoms with van der Waals surface area (Å²) in [6.45, 7) is 0.659. The van der Waals surface area contributed by atoms with Crippen molar-refractivity contribution in [3.8, 4) is 0 Å². The van der Waals surface area contributed by atoms with E-state index in [0.717, 1.165) is 18.2 Å². The molecule has 0 aliphatic carbocycles. The van der Waals surface area contributed by atoms with Crippen LogP contribution in [0, 0.1) is 0 Å². The molecule has 25 heavy (non-hydrogen) atoms. The number of rotatable bonds is 5. The smallest absolute Gasteiger partial charge is 0.335 e. The van der Waals surface area contributed by atoms with Crippen LogP contribution in [0.15, 0.2) is 53.4 Å². The summed E-state index contributed by atoms with van der Waals surface area (Å²) in [7, 11) is -3.91. The molecule has 1 amide bonds. The van der Waals surface area contributed by atoms with Crippen LogP contribution >= 0.6 is 0 Å². The number of carbonyl (C=O) groups is 2. The summed E-state index contributed by atoms with van der Waals surface area (Å²) in [5, 5.41) is 8.97. The molecule has 0 unspecified atom stereocenters. The Morgan fingerprint density at radius 3 is 2.44 bits per heavy atom.